The lowest BCUT2D eigenvalue weighted by atomic mass is 9.88. The summed E-state index contributed by atoms with van der Waals surface area (Å²) in [5.41, 5.74) is -2.01. The molecule has 1 aliphatic heterocycles. The largest absolute Gasteiger partial charge is 0.499 e. The summed E-state index contributed by atoms with van der Waals surface area (Å²) in [6.07, 6.45) is -3.51. The summed E-state index contributed by atoms with van der Waals surface area (Å²) >= 11 is 0. The quantitative estimate of drug-likeness (QED) is 0.412. The van der Waals surface area contributed by atoms with E-state index in [1.807, 2.05) is 0 Å². The summed E-state index contributed by atoms with van der Waals surface area (Å²) < 4.78 is 10.5. The minimum absolute atomic E-state index is 0.250. The van der Waals surface area contributed by atoms with Crippen molar-refractivity contribution in [3.63, 3.8) is 0 Å². The minimum atomic E-state index is -2.01. The zero-order chi connectivity index (χ0) is 17.0. The maximum atomic E-state index is 11.7. The number of para-hydroxylation sites is 1. The number of hydrogen-bond acceptors (Lipinski definition) is 8. The molecule has 8 nitrogen and oxygen atoms in total. The molecule has 0 bridgehead atoms. The van der Waals surface area contributed by atoms with Gasteiger partial charge < -0.3 is 35.0 Å². The molecule has 1 aromatic rings. The van der Waals surface area contributed by atoms with Gasteiger partial charge in [-0.25, -0.2) is 4.79 Å². The molecule has 1 unspecified atom stereocenters. The number of aliphatic hydroxyl groups excluding tert-OH is 5. The van der Waals surface area contributed by atoms with Gasteiger partial charge in [-0.15, -0.1) is 0 Å². The Hall–Kier alpha value is -2.13. The highest BCUT2D eigenvalue weighted by molar-refractivity contribution is 5.90. The normalized spacial score (nSPS) is 23.6. The average molecular weight is 326 g/mol. The molecule has 1 aliphatic rings. The van der Waals surface area contributed by atoms with E-state index < -0.39 is 54.9 Å². The van der Waals surface area contributed by atoms with Crippen molar-refractivity contribution < 1.29 is 39.8 Å². The van der Waals surface area contributed by atoms with Gasteiger partial charge in [-0.2, -0.15) is 0 Å². The van der Waals surface area contributed by atoms with Crippen LogP contribution in [-0.2, 0) is 9.53 Å². The lowest BCUT2D eigenvalue weighted by Gasteiger charge is -2.34. The fourth-order valence-electron chi connectivity index (χ4n) is 2.35. The molecule has 3 atom stereocenters. The lowest BCUT2D eigenvalue weighted by Crippen LogP contribution is -2.50. The fourth-order valence-corrected chi connectivity index (χ4v) is 2.35. The third kappa shape index (κ3) is 3.30. The van der Waals surface area contributed by atoms with Gasteiger partial charge in [0.25, 0.3) is 0 Å². The monoisotopic (exact) mass is 326 g/mol. The molecule has 0 saturated heterocycles. The average Bonchev–Trinajstić information content (AvgIpc) is 2.80. The number of rotatable bonds is 7. The summed E-state index contributed by atoms with van der Waals surface area (Å²) in [5.74, 6) is -2.21. The SMILES string of the molecule is O=C1O[C@](CC(O)CO)([C@@H](O)CO)C(Oc2ccccc2)=C1O. The molecule has 0 spiro atoms. The van der Waals surface area contributed by atoms with Crippen LogP contribution in [0.2, 0.25) is 0 Å². The topological polar surface area (TPSA) is 137 Å². The van der Waals surface area contributed by atoms with Gasteiger partial charge >= 0.3 is 5.97 Å². The number of benzene rings is 1. The van der Waals surface area contributed by atoms with Gasteiger partial charge in [-0.05, 0) is 12.1 Å². The van der Waals surface area contributed by atoms with E-state index in [9.17, 15) is 25.2 Å². The van der Waals surface area contributed by atoms with E-state index in [1.54, 1.807) is 30.3 Å². The molecule has 1 heterocycles. The van der Waals surface area contributed by atoms with Crippen LogP contribution in [0.25, 0.3) is 0 Å². The first-order chi connectivity index (χ1) is 10.9. The van der Waals surface area contributed by atoms with Crippen LogP contribution in [0.4, 0.5) is 0 Å². The maximum absolute atomic E-state index is 11.7. The zero-order valence-electron chi connectivity index (χ0n) is 12.1. The van der Waals surface area contributed by atoms with E-state index in [-0.39, 0.29) is 5.75 Å². The van der Waals surface area contributed by atoms with Crippen LogP contribution in [0.5, 0.6) is 5.75 Å². The van der Waals surface area contributed by atoms with Gasteiger partial charge in [0.05, 0.1) is 19.3 Å². The Morgan fingerprint density at radius 1 is 1.13 bits per heavy atom. The van der Waals surface area contributed by atoms with Crippen LogP contribution in [0, 0.1) is 0 Å². The van der Waals surface area contributed by atoms with E-state index >= 15 is 0 Å². The molecular formula is C15H18O8. The van der Waals surface area contributed by atoms with E-state index in [2.05, 4.69) is 0 Å². The first-order valence-electron chi connectivity index (χ1n) is 6.92. The number of hydrogen-bond donors (Lipinski definition) is 5. The molecule has 1 aromatic carbocycles. The van der Waals surface area contributed by atoms with Crippen molar-refractivity contribution in [1.82, 2.24) is 0 Å². The summed E-state index contributed by atoms with van der Waals surface area (Å²) in [4.78, 5) is 11.7. The second-order valence-corrected chi connectivity index (χ2v) is 5.11. The molecule has 0 aromatic heterocycles. The highest BCUT2D eigenvalue weighted by Crippen LogP contribution is 2.40. The van der Waals surface area contributed by atoms with Crippen LogP contribution in [-0.4, -0.2) is 62.5 Å². The molecule has 126 valence electrons. The third-order valence-corrected chi connectivity index (χ3v) is 3.49. The highest BCUT2D eigenvalue weighted by Gasteiger charge is 2.56. The second kappa shape index (κ2) is 6.97. The molecule has 0 radical (unpaired) electrons. The number of aliphatic hydroxyl groups is 5. The van der Waals surface area contributed by atoms with Gasteiger partial charge in [0.2, 0.25) is 11.4 Å². The number of carbonyl (C=O) groups excluding carboxylic acids is 1. The van der Waals surface area contributed by atoms with E-state index in [0.717, 1.165) is 0 Å². The van der Waals surface area contributed by atoms with Crippen molar-refractivity contribution in [1.29, 1.82) is 0 Å². The Balaban J connectivity index is 2.44. The molecule has 0 fully saturated rings. The predicted octanol–water partition coefficient (Wildman–Crippen LogP) is -0.773. The molecule has 23 heavy (non-hydrogen) atoms. The summed E-state index contributed by atoms with van der Waals surface area (Å²) in [7, 11) is 0. The van der Waals surface area contributed by atoms with Crippen molar-refractivity contribution in [2.45, 2.75) is 24.2 Å². The minimum Gasteiger partial charge on any atom is -0.499 e. The summed E-state index contributed by atoms with van der Waals surface area (Å²) in [5, 5.41) is 48.0. The first kappa shape index (κ1) is 17.2. The van der Waals surface area contributed by atoms with Crippen molar-refractivity contribution in [2.75, 3.05) is 13.2 Å². The van der Waals surface area contributed by atoms with Crippen LogP contribution < -0.4 is 4.74 Å². The molecular weight excluding hydrogens is 308 g/mol. The van der Waals surface area contributed by atoms with Crippen molar-refractivity contribution in [3.8, 4) is 5.75 Å². The van der Waals surface area contributed by atoms with Gasteiger partial charge in [0, 0.05) is 6.42 Å². The van der Waals surface area contributed by atoms with Crippen LogP contribution in [0.1, 0.15) is 6.42 Å². The maximum Gasteiger partial charge on any atom is 0.378 e. The lowest BCUT2D eigenvalue weighted by molar-refractivity contribution is -0.169. The van der Waals surface area contributed by atoms with E-state index in [4.69, 9.17) is 14.6 Å². The molecule has 8 heteroatoms. The Labute approximate surface area is 131 Å². The Kier molecular flexibility index (Phi) is 5.22. The smallest absolute Gasteiger partial charge is 0.378 e. The molecule has 5 N–H and O–H groups in total. The van der Waals surface area contributed by atoms with Gasteiger partial charge in [0.1, 0.15) is 11.9 Å². The number of carbonyl (C=O) groups is 1. The van der Waals surface area contributed by atoms with Crippen LogP contribution >= 0.6 is 0 Å². The van der Waals surface area contributed by atoms with Crippen LogP contribution in [0.3, 0.4) is 0 Å². The molecule has 0 amide bonds. The zero-order valence-corrected chi connectivity index (χ0v) is 12.1. The summed E-state index contributed by atoms with van der Waals surface area (Å²) in [6.45, 7) is -1.49. The standard InChI is InChI=1S/C15H18O8/c16-7-9(18)6-15(11(19)8-17)13(12(20)14(21)23-15)22-10-4-2-1-3-5-10/h1-5,9,11,16-20H,6-8H2/t9?,11-,15+/m0/s1. The fraction of sp³-hybridized carbons (Fsp3) is 0.400. The van der Waals surface area contributed by atoms with Gasteiger partial charge in [-0.3, -0.25) is 0 Å². The number of ether oxygens (including phenoxy) is 2. The van der Waals surface area contributed by atoms with E-state index in [0.29, 0.717) is 0 Å². The Morgan fingerprint density at radius 2 is 1.78 bits per heavy atom. The Morgan fingerprint density at radius 3 is 2.35 bits per heavy atom. The van der Waals surface area contributed by atoms with Crippen molar-refractivity contribution in [3.05, 3.63) is 41.9 Å². The predicted molar refractivity (Wildman–Crippen MR) is 76.4 cm³/mol. The van der Waals surface area contributed by atoms with Crippen molar-refractivity contribution in [2.24, 2.45) is 0 Å². The first-order valence-corrected chi connectivity index (χ1v) is 6.92. The van der Waals surface area contributed by atoms with Crippen molar-refractivity contribution >= 4 is 5.97 Å². The highest BCUT2D eigenvalue weighted by atomic mass is 16.6. The molecule has 2 rings (SSSR count). The number of cyclic esters (lactones) is 1. The molecule has 0 saturated carbocycles. The Bertz CT molecular complexity index is 584. The third-order valence-electron chi connectivity index (χ3n) is 3.49. The van der Waals surface area contributed by atoms with Gasteiger partial charge in [0.15, 0.2) is 5.76 Å². The van der Waals surface area contributed by atoms with Crippen LogP contribution in [0.15, 0.2) is 41.9 Å². The number of esters is 1. The molecule has 0 aliphatic carbocycles. The summed E-state index contributed by atoms with van der Waals surface area (Å²) in [6, 6.07) is 8.11. The second-order valence-electron chi connectivity index (χ2n) is 5.11. The van der Waals surface area contributed by atoms with Gasteiger partial charge in [-0.1, -0.05) is 18.2 Å². The van der Waals surface area contributed by atoms with E-state index in [1.165, 1.54) is 0 Å².